The van der Waals surface area contributed by atoms with Crippen molar-refractivity contribution in [2.24, 2.45) is 0 Å². The van der Waals surface area contributed by atoms with Gasteiger partial charge in [-0.2, -0.15) is 0 Å². The van der Waals surface area contributed by atoms with Gasteiger partial charge in [0.15, 0.2) is 0 Å². The number of hydrogen-bond acceptors (Lipinski definition) is 3. The van der Waals surface area contributed by atoms with Crippen LogP contribution in [0.3, 0.4) is 0 Å². The maximum absolute atomic E-state index is 13.6. The maximum atomic E-state index is 13.6. The molecule has 3 nitrogen and oxygen atoms in total. The number of ether oxygens (including phenoxy) is 1. The molecule has 0 atom stereocenters. The summed E-state index contributed by atoms with van der Waals surface area (Å²) in [6.07, 6.45) is 0. The molecule has 0 unspecified atom stereocenters. The number of nitrogens with zero attached hydrogens (tertiary/aromatic N) is 1. The molecule has 18 heavy (non-hydrogen) atoms. The van der Waals surface area contributed by atoms with Crippen molar-refractivity contribution in [3.63, 3.8) is 0 Å². The average molecular weight is 272 g/mol. The van der Waals surface area contributed by atoms with Crippen LogP contribution in [0.2, 0.25) is 5.02 Å². The fourth-order valence-corrected chi connectivity index (χ4v) is 2.37. The second kappa shape index (κ2) is 5.69. The largest absolute Gasteiger partial charge is 0.392 e. The van der Waals surface area contributed by atoms with Crippen molar-refractivity contribution < 1.29 is 14.2 Å². The topological polar surface area (TPSA) is 32.7 Å². The van der Waals surface area contributed by atoms with Gasteiger partial charge in [-0.1, -0.05) is 18.2 Å². The first kappa shape index (κ1) is 13.3. The molecule has 1 heterocycles. The van der Waals surface area contributed by atoms with Crippen molar-refractivity contribution in [2.45, 2.75) is 6.61 Å². The molecule has 98 valence electrons. The summed E-state index contributed by atoms with van der Waals surface area (Å²) in [6.45, 7) is 5.61. The molecular weight excluding hydrogens is 257 g/mol. The highest BCUT2D eigenvalue weighted by atomic mass is 35.5. The van der Waals surface area contributed by atoms with Crippen molar-refractivity contribution in [3.8, 4) is 0 Å². The molecule has 0 aromatic heterocycles. The molecule has 0 spiro atoms. The minimum Gasteiger partial charge on any atom is -0.392 e. The van der Waals surface area contributed by atoms with E-state index in [1.807, 2.05) is 4.90 Å². The zero-order valence-corrected chi connectivity index (χ0v) is 10.7. The van der Waals surface area contributed by atoms with Crippen molar-refractivity contribution in [1.82, 2.24) is 0 Å². The van der Waals surface area contributed by atoms with Crippen LogP contribution in [-0.2, 0) is 11.3 Å². The molecule has 0 aliphatic carbocycles. The summed E-state index contributed by atoms with van der Waals surface area (Å²) >= 11 is 6.00. The van der Waals surface area contributed by atoms with Crippen molar-refractivity contribution >= 4 is 23.1 Å². The Morgan fingerprint density at radius 2 is 2.11 bits per heavy atom. The van der Waals surface area contributed by atoms with E-state index in [-0.39, 0.29) is 6.61 Å². The lowest BCUT2D eigenvalue weighted by Gasteiger charge is -2.31. The standard InChI is InChI=1S/C13H15ClFNO2/c1-9(15)13-10(8-17)6-11(14)7-12(13)16-2-4-18-5-3-16/h6-7,17H,1-5,8H2. The van der Waals surface area contributed by atoms with Gasteiger partial charge >= 0.3 is 0 Å². The van der Waals surface area contributed by atoms with Gasteiger partial charge in [0.1, 0.15) is 5.83 Å². The van der Waals surface area contributed by atoms with Crippen LogP contribution in [0.1, 0.15) is 11.1 Å². The Labute approximate surface area is 110 Å². The summed E-state index contributed by atoms with van der Waals surface area (Å²) in [5.41, 5.74) is 1.46. The van der Waals surface area contributed by atoms with Gasteiger partial charge in [-0.25, -0.2) is 4.39 Å². The van der Waals surface area contributed by atoms with Gasteiger partial charge in [0.05, 0.1) is 19.8 Å². The molecule has 5 heteroatoms. The van der Waals surface area contributed by atoms with E-state index in [0.29, 0.717) is 48.1 Å². The number of morpholine rings is 1. The maximum Gasteiger partial charge on any atom is 0.125 e. The molecule has 2 rings (SSSR count). The minimum atomic E-state index is -0.558. The van der Waals surface area contributed by atoms with Crippen LogP contribution in [0.4, 0.5) is 10.1 Å². The number of rotatable bonds is 3. The summed E-state index contributed by atoms with van der Waals surface area (Å²) in [5, 5.41) is 9.78. The van der Waals surface area contributed by atoms with Crippen LogP contribution in [-0.4, -0.2) is 31.4 Å². The lowest BCUT2D eigenvalue weighted by atomic mass is 10.0. The van der Waals surface area contributed by atoms with Crippen molar-refractivity contribution in [1.29, 1.82) is 0 Å². The van der Waals surface area contributed by atoms with E-state index in [1.165, 1.54) is 0 Å². The van der Waals surface area contributed by atoms with Crippen LogP contribution in [0.5, 0.6) is 0 Å². The van der Waals surface area contributed by atoms with Crippen molar-refractivity contribution in [2.75, 3.05) is 31.2 Å². The predicted molar refractivity (Wildman–Crippen MR) is 70.5 cm³/mol. The molecule has 1 fully saturated rings. The summed E-state index contributed by atoms with van der Waals surface area (Å²) in [4.78, 5) is 1.99. The van der Waals surface area contributed by atoms with Crippen LogP contribution in [0, 0.1) is 0 Å². The smallest absolute Gasteiger partial charge is 0.125 e. The normalized spacial score (nSPS) is 15.8. The van der Waals surface area contributed by atoms with Crippen molar-refractivity contribution in [3.05, 3.63) is 34.9 Å². The summed E-state index contributed by atoms with van der Waals surface area (Å²) in [5.74, 6) is -0.558. The van der Waals surface area contributed by atoms with E-state index in [2.05, 4.69) is 6.58 Å². The Morgan fingerprint density at radius 1 is 1.44 bits per heavy atom. The van der Waals surface area contributed by atoms with Gasteiger partial charge in [-0.15, -0.1) is 0 Å². The Morgan fingerprint density at radius 3 is 2.67 bits per heavy atom. The lowest BCUT2D eigenvalue weighted by molar-refractivity contribution is 0.122. The Kier molecular flexibility index (Phi) is 4.22. The molecule has 0 amide bonds. The van der Waals surface area contributed by atoms with Gasteiger partial charge in [-0.05, 0) is 17.7 Å². The van der Waals surface area contributed by atoms with E-state index in [1.54, 1.807) is 12.1 Å². The molecule has 1 aliphatic heterocycles. The molecule has 1 aliphatic rings. The Balaban J connectivity index is 2.49. The number of aliphatic hydroxyl groups excluding tert-OH is 1. The first-order chi connectivity index (χ1) is 8.63. The number of aliphatic hydroxyl groups is 1. The highest BCUT2D eigenvalue weighted by Crippen LogP contribution is 2.34. The molecule has 1 N–H and O–H groups in total. The highest BCUT2D eigenvalue weighted by molar-refractivity contribution is 6.31. The SMILES string of the molecule is C=C(F)c1c(CO)cc(Cl)cc1N1CCOCC1. The zero-order chi connectivity index (χ0) is 13.1. The molecule has 0 saturated carbocycles. The van der Waals surface area contributed by atoms with E-state index >= 15 is 0 Å². The predicted octanol–water partition coefficient (Wildman–Crippen LogP) is 2.61. The van der Waals surface area contributed by atoms with E-state index < -0.39 is 5.83 Å². The number of benzene rings is 1. The van der Waals surface area contributed by atoms with Gasteiger partial charge in [0.2, 0.25) is 0 Å². The van der Waals surface area contributed by atoms with E-state index in [9.17, 15) is 9.50 Å². The number of halogens is 2. The van der Waals surface area contributed by atoms with Crippen LogP contribution in [0.15, 0.2) is 18.7 Å². The molecule has 1 aromatic rings. The minimum absolute atomic E-state index is 0.268. The van der Waals surface area contributed by atoms with E-state index in [0.717, 1.165) is 0 Å². The molecular formula is C13H15ClFNO2. The average Bonchev–Trinajstić information content (AvgIpc) is 2.38. The van der Waals surface area contributed by atoms with E-state index in [4.69, 9.17) is 16.3 Å². The second-order valence-corrected chi connectivity index (χ2v) is 4.56. The van der Waals surface area contributed by atoms with Gasteiger partial charge in [0, 0.05) is 29.4 Å². The van der Waals surface area contributed by atoms with Crippen LogP contribution < -0.4 is 4.90 Å². The van der Waals surface area contributed by atoms with Gasteiger partial charge < -0.3 is 14.7 Å². The lowest BCUT2D eigenvalue weighted by Crippen LogP contribution is -2.36. The van der Waals surface area contributed by atoms with Gasteiger partial charge in [-0.3, -0.25) is 0 Å². The Hall–Kier alpha value is -1.10. The molecule has 0 bridgehead atoms. The van der Waals surface area contributed by atoms with Crippen LogP contribution in [0.25, 0.3) is 5.83 Å². The number of hydrogen-bond donors (Lipinski definition) is 1. The molecule has 1 aromatic carbocycles. The monoisotopic (exact) mass is 271 g/mol. The second-order valence-electron chi connectivity index (χ2n) is 4.12. The highest BCUT2D eigenvalue weighted by Gasteiger charge is 2.19. The Bertz CT molecular complexity index is 459. The third-order valence-electron chi connectivity index (χ3n) is 2.96. The quantitative estimate of drug-likeness (QED) is 0.917. The summed E-state index contributed by atoms with van der Waals surface area (Å²) in [6, 6.07) is 3.26. The third-order valence-corrected chi connectivity index (χ3v) is 3.18. The first-order valence-electron chi connectivity index (χ1n) is 5.74. The molecule has 0 radical (unpaired) electrons. The first-order valence-corrected chi connectivity index (χ1v) is 6.12. The number of anilines is 1. The zero-order valence-electron chi connectivity index (χ0n) is 9.96. The third kappa shape index (κ3) is 2.66. The van der Waals surface area contributed by atoms with Gasteiger partial charge in [0.25, 0.3) is 0 Å². The van der Waals surface area contributed by atoms with Crippen LogP contribution >= 0.6 is 11.6 Å². The fraction of sp³-hybridized carbons (Fsp3) is 0.385. The molecule has 1 saturated heterocycles. The summed E-state index contributed by atoms with van der Waals surface area (Å²) in [7, 11) is 0. The fourth-order valence-electron chi connectivity index (χ4n) is 2.14. The summed E-state index contributed by atoms with van der Waals surface area (Å²) < 4.78 is 18.9.